The molecule has 2 N–H and O–H groups in total. The molecule has 0 fully saturated rings. The Morgan fingerprint density at radius 2 is 0.960 bits per heavy atom. The second-order valence-electron chi connectivity index (χ2n) is 5.46. The first-order valence-corrected chi connectivity index (χ1v) is 8.34. The van der Waals surface area contributed by atoms with Crippen molar-refractivity contribution in [2.24, 2.45) is 0 Å². The predicted octanol–water partition coefficient (Wildman–Crippen LogP) is 5.57. The van der Waals surface area contributed by atoms with Gasteiger partial charge in [0.2, 0.25) is 0 Å². The van der Waals surface area contributed by atoms with Crippen LogP contribution in [0.2, 0.25) is 0 Å². The van der Waals surface area contributed by atoms with E-state index in [2.05, 4.69) is 9.47 Å². The van der Waals surface area contributed by atoms with Gasteiger partial charge in [-0.25, -0.2) is 0 Å². The third-order valence-electron chi connectivity index (χ3n) is 3.45. The molecule has 0 aromatic heterocycles. The Bertz CT molecular complexity index is 687. The molecule has 0 bridgehead atoms. The van der Waals surface area contributed by atoms with Gasteiger partial charge in [-0.2, -0.15) is 0 Å². The average molecular weight is 356 g/mol. The first-order chi connectivity index (χ1) is 12.0. The molecular weight excluding hydrogens is 331 g/mol. The number of benzene rings is 3. The Morgan fingerprint density at radius 1 is 0.600 bits per heavy atom. The highest BCUT2D eigenvalue weighted by molar-refractivity contribution is 7.10. The van der Waals surface area contributed by atoms with E-state index in [9.17, 15) is 0 Å². The summed E-state index contributed by atoms with van der Waals surface area (Å²) in [6, 6.07) is 22.4. The van der Waals surface area contributed by atoms with Crippen LogP contribution < -0.4 is 4.52 Å². The summed E-state index contributed by atoms with van der Waals surface area (Å²) in [4.78, 5) is 0. The molecule has 1 unspecified atom stereocenters. The highest BCUT2D eigenvalue weighted by Gasteiger charge is 1.91. The van der Waals surface area contributed by atoms with Crippen molar-refractivity contribution >= 4 is 9.47 Å². The topological polar surface area (TPSA) is 49.7 Å². The normalized spacial score (nSPS) is 9.12. The third kappa shape index (κ3) is 7.73. The maximum absolute atomic E-state index is 8.92. The van der Waals surface area contributed by atoms with Crippen LogP contribution in [0.1, 0.15) is 16.7 Å². The Labute approximate surface area is 152 Å². The fourth-order valence-electron chi connectivity index (χ4n) is 1.82. The molecule has 3 aromatic rings. The van der Waals surface area contributed by atoms with Gasteiger partial charge >= 0.3 is 0 Å². The Balaban J connectivity index is 0.000000188. The van der Waals surface area contributed by atoms with Gasteiger partial charge in [0, 0.05) is 0 Å². The van der Waals surface area contributed by atoms with Gasteiger partial charge in [0.05, 0.1) is 9.47 Å². The molecule has 3 aromatic carbocycles. The van der Waals surface area contributed by atoms with Crippen LogP contribution in [0.3, 0.4) is 0 Å². The highest BCUT2D eigenvalue weighted by atomic mass is 31.0. The monoisotopic (exact) mass is 356 g/mol. The van der Waals surface area contributed by atoms with Crippen molar-refractivity contribution in [2.75, 3.05) is 0 Å². The lowest BCUT2D eigenvalue weighted by Gasteiger charge is -2.00. The number of para-hydroxylation sites is 3. The highest BCUT2D eigenvalue weighted by Crippen LogP contribution is 2.17. The molecule has 0 saturated carbocycles. The summed E-state index contributed by atoms with van der Waals surface area (Å²) >= 11 is 0. The molecule has 1 atom stereocenters. The first kappa shape index (κ1) is 20.5. The number of aryl methyl sites for hydroxylation is 3. The SMILES string of the molecule is Cc1ccccc1O.Cc1ccccc1O.Cc1ccccc1OP. The van der Waals surface area contributed by atoms with Crippen molar-refractivity contribution in [2.45, 2.75) is 20.8 Å². The van der Waals surface area contributed by atoms with Gasteiger partial charge in [-0.15, -0.1) is 0 Å². The fraction of sp³-hybridized carbons (Fsp3) is 0.143. The Morgan fingerprint density at radius 3 is 1.20 bits per heavy atom. The Kier molecular flexibility index (Phi) is 9.13. The lowest BCUT2D eigenvalue weighted by Crippen LogP contribution is -1.77. The van der Waals surface area contributed by atoms with Crippen LogP contribution in [-0.4, -0.2) is 10.2 Å². The van der Waals surface area contributed by atoms with Crippen LogP contribution >= 0.6 is 9.47 Å². The van der Waals surface area contributed by atoms with Gasteiger partial charge in [0.15, 0.2) is 0 Å². The molecular formula is C21H25O3P. The molecule has 0 aliphatic carbocycles. The lowest BCUT2D eigenvalue weighted by molar-refractivity contribution is 0.470. The standard InChI is InChI=1S/C7H9OP.2C7H8O/c1-6-4-2-3-5-7(6)8-9;2*1-6-4-2-3-5-7(6)8/h2-5H,9H2,1H3;2*2-5,8H,1H3. The molecule has 0 heterocycles. The van der Waals surface area contributed by atoms with Crippen molar-refractivity contribution in [3.8, 4) is 17.2 Å². The zero-order valence-electron chi connectivity index (χ0n) is 14.8. The molecule has 4 heteroatoms. The molecule has 0 aliphatic rings. The zero-order valence-corrected chi connectivity index (χ0v) is 16.0. The number of phenols is 2. The van der Waals surface area contributed by atoms with E-state index < -0.39 is 0 Å². The van der Waals surface area contributed by atoms with Gasteiger partial charge in [0.1, 0.15) is 17.2 Å². The van der Waals surface area contributed by atoms with Gasteiger partial charge in [0.25, 0.3) is 0 Å². The van der Waals surface area contributed by atoms with E-state index in [-0.39, 0.29) is 0 Å². The molecule has 25 heavy (non-hydrogen) atoms. The minimum Gasteiger partial charge on any atom is -0.508 e. The molecule has 0 aliphatic heterocycles. The summed E-state index contributed by atoms with van der Waals surface area (Å²) in [6.45, 7) is 5.75. The number of hydrogen-bond acceptors (Lipinski definition) is 3. The van der Waals surface area contributed by atoms with E-state index in [0.29, 0.717) is 11.5 Å². The van der Waals surface area contributed by atoms with Crippen molar-refractivity contribution in [1.82, 2.24) is 0 Å². The molecule has 3 rings (SSSR count). The van der Waals surface area contributed by atoms with E-state index >= 15 is 0 Å². The second kappa shape index (κ2) is 11.1. The maximum Gasteiger partial charge on any atom is 0.125 e. The van der Waals surface area contributed by atoms with Crippen LogP contribution in [0.5, 0.6) is 17.2 Å². The molecule has 0 amide bonds. The van der Waals surface area contributed by atoms with Crippen LogP contribution in [0.25, 0.3) is 0 Å². The lowest BCUT2D eigenvalue weighted by atomic mass is 10.2. The number of rotatable bonds is 1. The van der Waals surface area contributed by atoms with Gasteiger partial charge in [-0.1, -0.05) is 54.6 Å². The Hall–Kier alpha value is -2.51. The fourth-order valence-corrected chi connectivity index (χ4v) is 2.08. The van der Waals surface area contributed by atoms with E-state index in [4.69, 9.17) is 14.7 Å². The van der Waals surface area contributed by atoms with Crippen LogP contribution in [-0.2, 0) is 0 Å². The van der Waals surface area contributed by atoms with Crippen molar-refractivity contribution < 1.29 is 14.7 Å². The summed E-state index contributed by atoms with van der Waals surface area (Å²) in [7, 11) is 2.23. The van der Waals surface area contributed by atoms with Crippen LogP contribution in [0.4, 0.5) is 0 Å². The van der Waals surface area contributed by atoms with E-state index in [1.165, 1.54) is 0 Å². The second-order valence-corrected chi connectivity index (χ2v) is 5.69. The summed E-state index contributed by atoms with van der Waals surface area (Å²) < 4.78 is 4.96. The summed E-state index contributed by atoms with van der Waals surface area (Å²) in [6.07, 6.45) is 0. The molecule has 0 spiro atoms. The van der Waals surface area contributed by atoms with Gasteiger partial charge in [-0.05, 0) is 55.7 Å². The number of phenolic OH excluding ortho intramolecular Hbond substituents is 2. The minimum atomic E-state index is 0.368. The third-order valence-corrected chi connectivity index (χ3v) is 3.71. The van der Waals surface area contributed by atoms with Crippen molar-refractivity contribution in [3.05, 3.63) is 89.5 Å². The van der Waals surface area contributed by atoms with Crippen LogP contribution in [0, 0.1) is 20.8 Å². The quantitative estimate of drug-likeness (QED) is 0.561. The average Bonchev–Trinajstić information content (AvgIpc) is 2.62. The molecule has 0 radical (unpaired) electrons. The van der Waals surface area contributed by atoms with Gasteiger partial charge < -0.3 is 14.7 Å². The van der Waals surface area contributed by atoms with Crippen molar-refractivity contribution in [3.63, 3.8) is 0 Å². The molecule has 3 nitrogen and oxygen atoms in total. The van der Waals surface area contributed by atoms with Crippen LogP contribution in [0.15, 0.2) is 72.8 Å². The minimum absolute atomic E-state index is 0.368. The maximum atomic E-state index is 8.92. The predicted molar refractivity (Wildman–Crippen MR) is 107 cm³/mol. The van der Waals surface area contributed by atoms with Gasteiger partial charge in [-0.3, -0.25) is 0 Å². The molecule has 0 saturated heterocycles. The number of aromatic hydroxyl groups is 2. The van der Waals surface area contributed by atoms with E-state index in [0.717, 1.165) is 22.4 Å². The smallest absolute Gasteiger partial charge is 0.125 e. The first-order valence-electron chi connectivity index (χ1n) is 7.87. The summed E-state index contributed by atoms with van der Waals surface area (Å²) in [5, 5.41) is 17.8. The van der Waals surface area contributed by atoms with Crippen molar-refractivity contribution in [1.29, 1.82) is 0 Å². The summed E-state index contributed by atoms with van der Waals surface area (Å²) in [5.74, 6) is 1.66. The number of hydrogen-bond donors (Lipinski definition) is 2. The zero-order chi connectivity index (χ0) is 18.7. The molecule has 132 valence electrons. The largest absolute Gasteiger partial charge is 0.508 e. The van der Waals surface area contributed by atoms with E-state index in [1.807, 2.05) is 81.4 Å². The van der Waals surface area contributed by atoms with E-state index in [1.54, 1.807) is 12.1 Å². The summed E-state index contributed by atoms with van der Waals surface area (Å²) in [5.41, 5.74) is 3.01.